The number of aromatic nitrogens is 3. The van der Waals surface area contributed by atoms with Crippen LogP contribution in [0.2, 0.25) is 0 Å². The van der Waals surface area contributed by atoms with E-state index in [0.29, 0.717) is 0 Å². The molecule has 0 spiro atoms. The number of hydrogen-bond donors (Lipinski definition) is 0. The van der Waals surface area contributed by atoms with Gasteiger partial charge < -0.3 is 14.1 Å². The molecule has 0 aliphatic rings. The maximum Gasteiger partial charge on any atom is 0.0562 e. The molecular weight excluding hydrogens is 751 g/mol. The third-order valence-corrected chi connectivity index (χ3v) is 9.19. The molecule has 3 nitrogen and oxygen atoms in total. The van der Waals surface area contributed by atoms with Gasteiger partial charge in [-0.15, -0.1) is 29.8 Å². The van der Waals surface area contributed by atoms with Crippen LogP contribution < -0.4 is 0 Å². The molecule has 4 heteroatoms. The van der Waals surface area contributed by atoms with E-state index in [9.17, 15) is 0 Å². The van der Waals surface area contributed by atoms with Gasteiger partial charge >= 0.3 is 0 Å². The second kappa shape index (κ2) is 11.5. The van der Waals surface area contributed by atoms with Gasteiger partial charge in [0, 0.05) is 53.5 Å². The van der Waals surface area contributed by atoms with E-state index in [-0.39, 0.29) is 20.1 Å². The Morgan fingerprint density at radius 3 is 1.89 bits per heavy atom. The van der Waals surface area contributed by atoms with Crippen LogP contribution in [0, 0.1) is 19.9 Å². The van der Waals surface area contributed by atoms with Crippen molar-refractivity contribution in [3.63, 3.8) is 0 Å². The molecule has 0 unspecified atom stereocenters. The monoisotopic (exact) mass is 781 g/mol. The van der Waals surface area contributed by atoms with Gasteiger partial charge in [0.05, 0.1) is 22.1 Å². The van der Waals surface area contributed by atoms with E-state index >= 15 is 0 Å². The average molecular weight is 781 g/mol. The van der Waals surface area contributed by atoms with Crippen LogP contribution in [0.15, 0.2) is 146 Å². The Labute approximate surface area is 287 Å². The summed E-state index contributed by atoms with van der Waals surface area (Å²) in [6.07, 6.45) is 1.84. The van der Waals surface area contributed by atoms with Crippen molar-refractivity contribution in [1.82, 2.24) is 14.1 Å². The molecule has 0 N–H and O–H groups in total. The van der Waals surface area contributed by atoms with Crippen LogP contribution in [-0.2, 0) is 20.1 Å². The number of rotatable bonds is 4. The normalized spacial score (nSPS) is 11.4. The fourth-order valence-electron chi connectivity index (χ4n) is 6.97. The largest absolute Gasteiger partial charge is 0.327 e. The second-order valence-corrected chi connectivity index (χ2v) is 12.2. The number of hydrogen-bond acceptors (Lipinski definition) is 1. The van der Waals surface area contributed by atoms with Gasteiger partial charge in [0.25, 0.3) is 0 Å². The number of aryl methyl sites for hydroxylation is 2. The fraction of sp³-hybridized carbons (Fsp3) is 0.0465. The molecule has 47 heavy (non-hydrogen) atoms. The molecule has 0 aliphatic heterocycles. The molecule has 0 atom stereocenters. The zero-order valence-electron chi connectivity index (χ0n) is 26.0. The van der Waals surface area contributed by atoms with Crippen molar-refractivity contribution in [3.8, 4) is 33.8 Å². The van der Waals surface area contributed by atoms with Gasteiger partial charge in [-0.3, -0.25) is 0 Å². The molecular formula is C43H30IrN3-. The van der Waals surface area contributed by atoms with Crippen LogP contribution in [0.4, 0.5) is 0 Å². The predicted molar refractivity (Wildman–Crippen MR) is 192 cm³/mol. The Morgan fingerprint density at radius 1 is 0.489 bits per heavy atom. The van der Waals surface area contributed by atoms with Crippen molar-refractivity contribution < 1.29 is 20.1 Å². The zero-order chi connectivity index (χ0) is 30.8. The molecule has 0 amide bonds. The molecule has 9 aromatic rings. The third-order valence-electron chi connectivity index (χ3n) is 9.19. The van der Waals surface area contributed by atoms with Crippen molar-refractivity contribution in [3.05, 3.63) is 163 Å². The molecule has 0 fully saturated rings. The molecule has 6 aromatic carbocycles. The van der Waals surface area contributed by atoms with Crippen molar-refractivity contribution >= 4 is 43.6 Å². The molecule has 227 valence electrons. The molecule has 3 aromatic heterocycles. The maximum atomic E-state index is 4.61. The summed E-state index contributed by atoms with van der Waals surface area (Å²) in [5.41, 5.74) is 13.8. The first-order chi connectivity index (χ1) is 22.6. The van der Waals surface area contributed by atoms with Gasteiger partial charge in [0.15, 0.2) is 0 Å². The van der Waals surface area contributed by atoms with Crippen LogP contribution in [0.3, 0.4) is 0 Å². The second-order valence-electron chi connectivity index (χ2n) is 12.2. The first kappa shape index (κ1) is 29.1. The van der Waals surface area contributed by atoms with Gasteiger partial charge in [-0.1, -0.05) is 77.9 Å². The summed E-state index contributed by atoms with van der Waals surface area (Å²) in [7, 11) is 0. The minimum Gasteiger partial charge on any atom is -0.327 e. The molecule has 0 saturated heterocycles. The van der Waals surface area contributed by atoms with E-state index in [1.807, 2.05) is 30.5 Å². The number of pyridine rings is 1. The Balaban J connectivity index is 0.00000324. The van der Waals surface area contributed by atoms with Gasteiger partial charge in [-0.25, -0.2) is 0 Å². The number of fused-ring (bicyclic) bond motifs is 6. The fourth-order valence-corrected chi connectivity index (χ4v) is 6.97. The Morgan fingerprint density at radius 2 is 1.15 bits per heavy atom. The van der Waals surface area contributed by atoms with Crippen LogP contribution in [0.25, 0.3) is 77.4 Å². The van der Waals surface area contributed by atoms with Crippen molar-refractivity contribution in [1.29, 1.82) is 0 Å². The maximum absolute atomic E-state index is 4.61. The van der Waals surface area contributed by atoms with E-state index in [4.69, 9.17) is 0 Å². The minimum atomic E-state index is 0. The Hall–Kier alpha value is -5.28. The van der Waals surface area contributed by atoms with Gasteiger partial charge in [0.1, 0.15) is 0 Å². The van der Waals surface area contributed by atoms with Gasteiger partial charge in [0.2, 0.25) is 0 Å². The summed E-state index contributed by atoms with van der Waals surface area (Å²) >= 11 is 0. The van der Waals surface area contributed by atoms with E-state index in [0.717, 1.165) is 22.6 Å². The molecule has 0 aliphatic carbocycles. The standard InChI is InChI=1S/C43H30N3.Ir/c1-28-14-18-33(19-15-28)45-41-21-17-31(30-9-4-3-5-10-30)25-36(41)38-26-37-35-23-29(2)16-20-40(35)46(43(37)27-42(38)45)34-12-8-11-32(24-34)39-13-6-7-22-44-39;/h3-10,12-27H,1-2H3;/q-1;. The molecule has 0 bridgehead atoms. The first-order valence-corrected chi connectivity index (χ1v) is 15.7. The summed E-state index contributed by atoms with van der Waals surface area (Å²) < 4.78 is 4.82. The minimum absolute atomic E-state index is 0. The topological polar surface area (TPSA) is 22.8 Å². The van der Waals surface area contributed by atoms with E-state index in [1.165, 1.54) is 65.9 Å². The quantitative estimate of drug-likeness (QED) is 0.163. The van der Waals surface area contributed by atoms with Crippen molar-refractivity contribution in [2.75, 3.05) is 0 Å². The molecule has 1 radical (unpaired) electrons. The summed E-state index contributed by atoms with van der Waals surface area (Å²) in [5, 5.41) is 4.99. The average Bonchev–Trinajstić information content (AvgIpc) is 3.59. The van der Waals surface area contributed by atoms with Crippen molar-refractivity contribution in [2.45, 2.75) is 13.8 Å². The van der Waals surface area contributed by atoms with Crippen molar-refractivity contribution in [2.24, 2.45) is 0 Å². The zero-order valence-corrected chi connectivity index (χ0v) is 28.4. The Kier molecular flexibility index (Phi) is 7.13. The van der Waals surface area contributed by atoms with E-state index in [2.05, 4.69) is 149 Å². The first-order valence-electron chi connectivity index (χ1n) is 15.7. The smallest absolute Gasteiger partial charge is 0.0562 e. The van der Waals surface area contributed by atoms with Crippen LogP contribution in [0.5, 0.6) is 0 Å². The van der Waals surface area contributed by atoms with E-state index in [1.54, 1.807) is 0 Å². The molecule has 3 heterocycles. The van der Waals surface area contributed by atoms with E-state index < -0.39 is 0 Å². The SMILES string of the molecule is Cc1ccc(-n2c3ccc(-c4ccccc4)cc3c3cc4c5cc(C)ccc5n(-c5cc[c-]c(-c6ccccn6)c5)c4cc32)cc1.[Ir]. The van der Waals surface area contributed by atoms with Gasteiger partial charge in [-0.2, -0.15) is 0 Å². The number of benzene rings is 6. The van der Waals surface area contributed by atoms with Crippen LogP contribution in [-0.4, -0.2) is 14.1 Å². The van der Waals surface area contributed by atoms with Gasteiger partial charge in [-0.05, 0) is 91.0 Å². The summed E-state index contributed by atoms with van der Waals surface area (Å²) in [6.45, 7) is 4.31. The summed E-state index contributed by atoms with van der Waals surface area (Å²) in [5.74, 6) is 0. The summed E-state index contributed by atoms with van der Waals surface area (Å²) in [4.78, 5) is 4.61. The predicted octanol–water partition coefficient (Wildman–Crippen LogP) is 11.0. The number of nitrogens with zero attached hydrogens (tertiary/aromatic N) is 3. The van der Waals surface area contributed by atoms with Crippen LogP contribution in [0.1, 0.15) is 11.1 Å². The molecule has 9 rings (SSSR count). The third kappa shape index (κ3) is 4.80. The molecule has 0 saturated carbocycles. The van der Waals surface area contributed by atoms with Crippen LogP contribution >= 0.6 is 0 Å². The summed E-state index contributed by atoms with van der Waals surface area (Å²) in [6, 6.07) is 53.8. The Bertz CT molecular complexity index is 2580.